The minimum atomic E-state index is -1.03. The first-order valence-corrected chi connectivity index (χ1v) is 8.25. The fourth-order valence-electron chi connectivity index (χ4n) is 2.01. The zero-order chi connectivity index (χ0) is 15.4. The van der Waals surface area contributed by atoms with Crippen molar-refractivity contribution in [2.75, 3.05) is 11.9 Å². The highest BCUT2D eigenvalue weighted by Crippen LogP contribution is 2.42. The Labute approximate surface area is 130 Å². The van der Waals surface area contributed by atoms with Crippen molar-refractivity contribution >= 4 is 39.7 Å². The van der Waals surface area contributed by atoms with E-state index in [1.165, 1.54) is 22.7 Å². The SMILES string of the molecule is CCNC(=O)Nc1sc(CC)c(-c2cccs2)c1C(=O)O. The Morgan fingerprint density at radius 2 is 2.10 bits per heavy atom. The predicted octanol–water partition coefficient (Wildman–Crippen LogP) is 3.88. The molecular weight excluding hydrogens is 308 g/mol. The molecule has 0 spiro atoms. The van der Waals surface area contributed by atoms with E-state index >= 15 is 0 Å². The van der Waals surface area contributed by atoms with Crippen LogP contribution in [-0.2, 0) is 6.42 Å². The van der Waals surface area contributed by atoms with Gasteiger partial charge in [0, 0.05) is 21.9 Å². The number of hydrogen-bond acceptors (Lipinski definition) is 4. The number of amides is 2. The number of aromatic carboxylic acids is 1. The molecule has 0 aliphatic carbocycles. The molecule has 2 amide bonds. The molecule has 0 radical (unpaired) electrons. The molecule has 2 aromatic heterocycles. The van der Waals surface area contributed by atoms with Crippen LogP contribution in [-0.4, -0.2) is 23.7 Å². The van der Waals surface area contributed by atoms with Gasteiger partial charge in [-0.1, -0.05) is 13.0 Å². The van der Waals surface area contributed by atoms with Crippen molar-refractivity contribution < 1.29 is 14.7 Å². The number of rotatable bonds is 5. The summed E-state index contributed by atoms with van der Waals surface area (Å²) in [5.74, 6) is -1.03. The summed E-state index contributed by atoms with van der Waals surface area (Å²) in [6.07, 6.45) is 0.718. The lowest BCUT2D eigenvalue weighted by molar-refractivity contribution is 0.0699. The van der Waals surface area contributed by atoms with E-state index in [0.717, 1.165) is 21.7 Å². The number of carboxylic acids is 1. The van der Waals surface area contributed by atoms with Crippen molar-refractivity contribution in [3.05, 3.63) is 28.0 Å². The van der Waals surface area contributed by atoms with E-state index in [1.54, 1.807) is 6.92 Å². The van der Waals surface area contributed by atoms with Gasteiger partial charge >= 0.3 is 12.0 Å². The summed E-state index contributed by atoms with van der Waals surface area (Å²) in [5.41, 5.74) is 0.891. The van der Waals surface area contributed by atoms with Crippen LogP contribution >= 0.6 is 22.7 Å². The van der Waals surface area contributed by atoms with E-state index in [4.69, 9.17) is 0 Å². The van der Waals surface area contributed by atoms with Crippen molar-refractivity contribution in [3.8, 4) is 10.4 Å². The Kier molecular flexibility index (Phi) is 4.98. The van der Waals surface area contributed by atoms with Crippen molar-refractivity contribution in [1.29, 1.82) is 0 Å². The highest BCUT2D eigenvalue weighted by molar-refractivity contribution is 7.18. The van der Waals surface area contributed by atoms with Gasteiger partial charge < -0.3 is 10.4 Å². The molecule has 112 valence electrons. The molecule has 0 aromatic carbocycles. The quantitative estimate of drug-likeness (QED) is 0.781. The highest BCUT2D eigenvalue weighted by Gasteiger charge is 2.25. The topological polar surface area (TPSA) is 78.4 Å². The minimum absolute atomic E-state index is 0.172. The molecule has 3 N–H and O–H groups in total. The molecule has 0 bridgehead atoms. The number of carbonyl (C=O) groups excluding carboxylic acids is 1. The summed E-state index contributed by atoms with van der Waals surface area (Å²) >= 11 is 2.82. The van der Waals surface area contributed by atoms with Crippen LogP contribution in [0.25, 0.3) is 10.4 Å². The molecule has 2 aromatic rings. The smallest absolute Gasteiger partial charge is 0.339 e. The summed E-state index contributed by atoms with van der Waals surface area (Å²) in [7, 11) is 0. The molecule has 2 rings (SSSR count). The lowest BCUT2D eigenvalue weighted by Gasteiger charge is -2.05. The highest BCUT2D eigenvalue weighted by atomic mass is 32.1. The molecule has 0 aliphatic rings. The first-order valence-electron chi connectivity index (χ1n) is 6.56. The van der Waals surface area contributed by atoms with Crippen molar-refractivity contribution in [2.24, 2.45) is 0 Å². The summed E-state index contributed by atoms with van der Waals surface area (Å²) in [5, 5.41) is 17.1. The fraction of sp³-hybridized carbons (Fsp3) is 0.286. The van der Waals surface area contributed by atoms with Crippen LogP contribution in [0.2, 0.25) is 0 Å². The third-order valence-electron chi connectivity index (χ3n) is 2.85. The van der Waals surface area contributed by atoms with Crippen molar-refractivity contribution in [1.82, 2.24) is 5.32 Å². The number of urea groups is 1. The zero-order valence-electron chi connectivity index (χ0n) is 11.7. The Hall–Kier alpha value is -1.86. The summed E-state index contributed by atoms with van der Waals surface area (Å²) in [6, 6.07) is 3.40. The Morgan fingerprint density at radius 3 is 2.62 bits per heavy atom. The number of aryl methyl sites for hydroxylation is 1. The van der Waals surface area contributed by atoms with Gasteiger partial charge in [-0.3, -0.25) is 5.32 Å². The molecule has 0 unspecified atom stereocenters. The van der Waals surface area contributed by atoms with Gasteiger partial charge in [0.25, 0.3) is 0 Å². The second-order valence-corrected chi connectivity index (χ2v) is 6.28. The Balaban J connectivity index is 2.51. The summed E-state index contributed by atoms with van der Waals surface area (Å²) in [6.45, 7) is 4.27. The fourth-order valence-corrected chi connectivity index (χ4v) is 4.02. The molecule has 2 heterocycles. The normalized spacial score (nSPS) is 10.4. The maximum Gasteiger partial charge on any atom is 0.339 e. The van der Waals surface area contributed by atoms with E-state index in [2.05, 4.69) is 10.6 Å². The van der Waals surface area contributed by atoms with E-state index in [-0.39, 0.29) is 11.6 Å². The lowest BCUT2D eigenvalue weighted by Crippen LogP contribution is -2.28. The first kappa shape index (κ1) is 15.5. The van der Waals surface area contributed by atoms with Crippen LogP contribution < -0.4 is 10.6 Å². The molecule has 0 aliphatic heterocycles. The number of carbonyl (C=O) groups is 2. The van der Waals surface area contributed by atoms with Crippen LogP contribution in [0, 0.1) is 0 Å². The molecular formula is C14H16N2O3S2. The second-order valence-electron chi connectivity index (χ2n) is 4.22. The van der Waals surface area contributed by atoms with Crippen LogP contribution in [0.1, 0.15) is 29.1 Å². The number of nitrogens with one attached hydrogen (secondary N) is 2. The molecule has 0 fully saturated rings. The number of anilines is 1. The van der Waals surface area contributed by atoms with Gasteiger partial charge in [0.2, 0.25) is 0 Å². The van der Waals surface area contributed by atoms with Crippen molar-refractivity contribution in [3.63, 3.8) is 0 Å². The average molecular weight is 324 g/mol. The third-order valence-corrected chi connectivity index (χ3v) is 4.98. The Bertz CT molecular complexity index is 647. The van der Waals surface area contributed by atoms with Gasteiger partial charge in [-0.2, -0.15) is 0 Å². The molecule has 0 atom stereocenters. The molecule has 0 saturated carbocycles. The third kappa shape index (κ3) is 3.25. The molecule has 5 nitrogen and oxygen atoms in total. The van der Waals surface area contributed by atoms with Gasteiger partial charge in [-0.05, 0) is 24.8 Å². The number of carboxylic acid groups (broad SMARTS) is 1. The largest absolute Gasteiger partial charge is 0.478 e. The summed E-state index contributed by atoms with van der Waals surface area (Å²) < 4.78 is 0. The first-order chi connectivity index (χ1) is 10.1. The monoisotopic (exact) mass is 324 g/mol. The van der Waals surface area contributed by atoms with E-state index in [1.807, 2.05) is 24.4 Å². The zero-order valence-corrected chi connectivity index (χ0v) is 13.4. The van der Waals surface area contributed by atoms with E-state index in [0.29, 0.717) is 11.5 Å². The van der Waals surface area contributed by atoms with Crippen molar-refractivity contribution in [2.45, 2.75) is 20.3 Å². The maximum absolute atomic E-state index is 11.7. The Morgan fingerprint density at radius 1 is 1.33 bits per heavy atom. The van der Waals surface area contributed by atoms with Gasteiger partial charge in [0.15, 0.2) is 0 Å². The molecule has 0 saturated heterocycles. The standard InChI is InChI=1S/C14H16N2O3S2/c1-3-8-10(9-6-5-7-20-9)11(13(17)18)12(21-8)16-14(19)15-4-2/h5-7H,3-4H2,1-2H3,(H,17,18)(H2,15,16,19). The summed E-state index contributed by atoms with van der Waals surface area (Å²) in [4.78, 5) is 25.2. The minimum Gasteiger partial charge on any atom is -0.478 e. The lowest BCUT2D eigenvalue weighted by atomic mass is 10.1. The van der Waals surface area contributed by atoms with Gasteiger partial charge in [0.1, 0.15) is 10.6 Å². The number of thiophene rings is 2. The van der Waals surface area contributed by atoms with E-state index in [9.17, 15) is 14.7 Å². The maximum atomic E-state index is 11.7. The second kappa shape index (κ2) is 6.73. The van der Waals surface area contributed by atoms with Crippen LogP contribution in [0.3, 0.4) is 0 Å². The van der Waals surface area contributed by atoms with E-state index < -0.39 is 5.97 Å². The van der Waals surface area contributed by atoms with Crippen LogP contribution in [0.5, 0.6) is 0 Å². The predicted molar refractivity (Wildman–Crippen MR) is 86.7 cm³/mol. The number of hydrogen-bond donors (Lipinski definition) is 3. The molecule has 7 heteroatoms. The molecule has 21 heavy (non-hydrogen) atoms. The van der Waals surface area contributed by atoms with Gasteiger partial charge in [-0.25, -0.2) is 9.59 Å². The van der Waals surface area contributed by atoms with Crippen LogP contribution in [0.15, 0.2) is 17.5 Å². The van der Waals surface area contributed by atoms with Gasteiger partial charge in [-0.15, -0.1) is 22.7 Å². The van der Waals surface area contributed by atoms with Gasteiger partial charge in [0.05, 0.1) is 0 Å². The average Bonchev–Trinajstić information content (AvgIpc) is 3.04. The van der Waals surface area contributed by atoms with Crippen LogP contribution in [0.4, 0.5) is 9.80 Å².